The quantitative estimate of drug-likeness (QED) is 0.714. The first-order valence-corrected chi connectivity index (χ1v) is 9.96. The molecule has 1 aliphatic carbocycles. The molecule has 0 radical (unpaired) electrons. The van der Waals surface area contributed by atoms with Crippen LogP contribution in [0.15, 0.2) is 41.2 Å². The minimum Gasteiger partial charge on any atom is -0.493 e. The smallest absolute Gasteiger partial charge is 0.244 e. The number of ether oxygens (including phenoxy) is 4. The number of methoxy groups -OCH3 is 4. The van der Waals surface area contributed by atoms with Gasteiger partial charge < -0.3 is 24.3 Å². The highest BCUT2D eigenvalue weighted by molar-refractivity contribution is 5.88. The number of rotatable bonds is 6. The SMILES string of the molecule is C/C=C/C(=O)NC1CCc2cc(OC)c(OC)c(OC)c2-c2ccc(OC)c(=O)cc21. The van der Waals surface area contributed by atoms with Gasteiger partial charge >= 0.3 is 0 Å². The average Bonchev–Trinajstić information content (AvgIpc) is 3.01. The first-order chi connectivity index (χ1) is 15.0. The third-order valence-corrected chi connectivity index (χ3v) is 5.36. The normalized spacial score (nSPS) is 14.8. The van der Waals surface area contributed by atoms with Crippen LogP contribution in [0.3, 0.4) is 0 Å². The Morgan fingerprint density at radius 2 is 1.71 bits per heavy atom. The zero-order valence-electron chi connectivity index (χ0n) is 18.4. The fourth-order valence-electron chi connectivity index (χ4n) is 3.99. The van der Waals surface area contributed by atoms with E-state index in [2.05, 4.69) is 5.32 Å². The summed E-state index contributed by atoms with van der Waals surface area (Å²) in [5.41, 5.74) is 2.95. The number of carbonyl (C=O) groups excluding carboxylic acids is 1. The summed E-state index contributed by atoms with van der Waals surface area (Å²) >= 11 is 0. The van der Waals surface area contributed by atoms with Crippen molar-refractivity contribution in [3.05, 3.63) is 57.8 Å². The highest BCUT2D eigenvalue weighted by Crippen LogP contribution is 2.50. The molecule has 1 unspecified atom stereocenters. The molecule has 0 fully saturated rings. The lowest BCUT2D eigenvalue weighted by Crippen LogP contribution is -2.27. The lowest BCUT2D eigenvalue weighted by Gasteiger charge is -2.19. The van der Waals surface area contributed by atoms with Crippen molar-refractivity contribution in [3.63, 3.8) is 0 Å². The highest BCUT2D eigenvalue weighted by Gasteiger charge is 2.29. The van der Waals surface area contributed by atoms with Gasteiger partial charge in [-0.15, -0.1) is 0 Å². The van der Waals surface area contributed by atoms with E-state index in [0.29, 0.717) is 35.7 Å². The first-order valence-electron chi connectivity index (χ1n) is 9.96. The molecule has 0 saturated carbocycles. The zero-order chi connectivity index (χ0) is 22.5. The lowest BCUT2D eigenvalue weighted by molar-refractivity contribution is -0.117. The van der Waals surface area contributed by atoms with Gasteiger partial charge in [0.25, 0.3) is 0 Å². The van der Waals surface area contributed by atoms with Crippen LogP contribution >= 0.6 is 0 Å². The Morgan fingerprint density at radius 3 is 2.32 bits per heavy atom. The number of hydrogen-bond donors (Lipinski definition) is 1. The van der Waals surface area contributed by atoms with E-state index in [9.17, 15) is 9.59 Å². The molecule has 0 aromatic heterocycles. The summed E-state index contributed by atoms with van der Waals surface area (Å²) in [4.78, 5) is 25.1. The predicted molar refractivity (Wildman–Crippen MR) is 118 cm³/mol. The average molecular weight is 425 g/mol. The number of fused-ring (bicyclic) bond motifs is 3. The van der Waals surface area contributed by atoms with Crippen LogP contribution in [0.2, 0.25) is 0 Å². The molecular weight excluding hydrogens is 398 g/mol. The summed E-state index contributed by atoms with van der Waals surface area (Å²) in [7, 11) is 6.14. The maximum Gasteiger partial charge on any atom is 0.244 e. The van der Waals surface area contributed by atoms with Crippen molar-refractivity contribution in [2.75, 3.05) is 28.4 Å². The summed E-state index contributed by atoms with van der Waals surface area (Å²) in [5, 5.41) is 3.02. The lowest BCUT2D eigenvalue weighted by atomic mass is 9.95. The number of hydrogen-bond acceptors (Lipinski definition) is 6. The molecule has 1 N–H and O–H groups in total. The van der Waals surface area contributed by atoms with E-state index in [-0.39, 0.29) is 23.1 Å². The third kappa shape index (κ3) is 4.21. The molecule has 7 heteroatoms. The molecule has 31 heavy (non-hydrogen) atoms. The van der Waals surface area contributed by atoms with Gasteiger partial charge in [0.05, 0.1) is 34.5 Å². The molecule has 1 amide bonds. The minimum atomic E-state index is -0.377. The summed E-state index contributed by atoms with van der Waals surface area (Å²) in [6.07, 6.45) is 4.36. The van der Waals surface area contributed by atoms with Crippen LogP contribution < -0.4 is 29.7 Å². The molecule has 2 aromatic carbocycles. The minimum absolute atomic E-state index is 0.215. The number of allylic oxidation sites excluding steroid dienone is 1. The van der Waals surface area contributed by atoms with Crippen LogP contribution in [0.5, 0.6) is 23.0 Å². The van der Waals surface area contributed by atoms with Gasteiger partial charge in [0.1, 0.15) is 0 Å². The molecule has 0 heterocycles. The summed E-state index contributed by atoms with van der Waals surface area (Å²) in [6, 6.07) is 6.52. The second-order valence-electron chi connectivity index (χ2n) is 7.06. The van der Waals surface area contributed by atoms with E-state index in [0.717, 1.165) is 16.7 Å². The Labute approximate surface area is 181 Å². The molecule has 7 nitrogen and oxygen atoms in total. The molecule has 1 aliphatic rings. The van der Waals surface area contributed by atoms with Crippen LogP contribution in [0.25, 0.3) is 11.1 Å². The highest BCUT2D eigenvalue weighted by atomic mass is 16.5. The summed E-state index contributed by atoms with van der Waals surface area (Å²) in [5.74, 6) is 1.52. The van der Waals surface area contributed by atoms with Crippen LogP contribution in [0.4, 0.5) is 0 Å². The largest absolute Gasteiger partial charge is 0.493 e. The fraction of sp³-hybridized carbons (Fsp3) is 0.333. The Balaban J connectivity index is 2.36. The van der Waals surface area contributed by atoms with E-state index in [4.69, 9.17) is 18.9 Å². The molecular formula is C24H27NO6. The summed E-state index contributed by atoms with van der Waals surface area (Å²) in [6.45, 7) is 1.78. The van der Waals surface area contributed by atoms with E-state index < -0.39 is 0 Å². The van der Waals surface area contributed by atoms with Crippen molar-refractivity contribution in [2.45, 2.75) is 25.8 Å². The molecule has 0 aliphatic heterocycles. The predicted octanol–water partition coefficient (Wildman–Crippen LogP) is 3.43. The number of benzene rings is 1. The van der Waals surface area contributed by atoms with Crippen molar-refractivity contribution in [2.24, 2.45) is 0 Å². The van der Waals surface area contributed by atoms with Gasteiger partial charge in [-0.25, -0.2) is 0 Å². The van der Waals surface area contributed by atoms with Gasteiger partial charge in [0, 0.05) is 5.56 Å². The molecule has 164 valence electrons. The number of nitrogens with one attached hydrogen (secondary N) is 1. The van der Waals surface area contributed by atoms with Gasteiger partial charge in [-0.2, -0.15) is 0 Å². The fourth-order valence-corrected chi connectivity index (χ4v) is 3.99. The van der Waals surface area contributed by atoms with Gasteiger partial charge in [-0.1, -0.05) is 12.1 Å². The van der Waals surface area contributed by atoms with Crippen molar-refractivity contribution < 1.29 is 23.7 Å². The number of amides is 1. The third-order valence-electron chi connectivity index (χ3n) is 5.36. The van der Waals surface area contributed by atoms with E-state index in [1.807, 2.05) is 12.1 Å². The molecule has 3 rings (SSSR count). The second kappa shape index (κ2) is 9.55. The Morgan fingerprint density at radius 1 is 1.00 bits per heavy atom. The van der Waals surface area contributed by atoms with Gasteiger partial charge in [0.2, 0.25) is 17.1 Å². The maximum atomic E-state index is 12.8. The van der Waals surface area contributed by atoms with Gasteiger partial charge in [-0.3, -0.25) is 9.59 Å². The van der Waals surface area contributed by atoms with E-state index in [1.165, 1.54) is 19.3 Å². The van der Waals surface area contributed by atoms with Crippen LogP contribution in [-0.4, -0.2) is 34.3 Å². The van der Waals surface area contributed by atoms with Crippen molar-refractivity contribution in [1.29, 1.82) is 0 Å². The first kappa shape index (κ1) is 22.2. The van der Waals surface area contributed by atoms with E-state index in [1.54, 1.807) is 40.4 Å². The zero-order valence-corrected chi connectivity index (χ0v) is 18.4. The number of carbonyl (C=O) groups is 1. The van der Waals surface area contributed by atoms with Crippen LogP contribution in [0, 0.1) is 0 Å². The molecule has 0 bridgehead atoms. The Hall–Kier alpha value is -3.48. The maximum absolute atomic E-state index is 12.8. The number of aryl methyl sites for hydroxylation is 1. The monoisotopic (exact) mass is 425 g/mol. The Bertz CT molecular complexity index is 1080. The van der Waals surface area contributed by atoms with Gasteiger partial charge in [0.15, 0.2) is 17.2 Å². The summed E-state index contributed by atoms with van der Waals surface area (Å²) < 4.78 is 22.1. The standard InChI is InChI=1S/C24H27NO6/c1-6-7-21(27)25-17-10-8-14-12-20(29-3)23(30-4)24(31-5)22(14)15-9-11-19(28-2)18(26)13-16(15)17/h6-7,9,11-13,17H,8,10H2,1-5H3,(H,25,27)/b7-6+. The van der Waals surface area contributed by atoms with Crippen LogP contribution in [-0.2, 0) is 11.2 Å². The molecule has 1 atom stereocenters. The second-order valence-corrected chi connectivity index (χ2v) is 7.06. The van der Waals surface area contributed by atoms with Gasteiger partial charge in [-0.05, 0) is 60.7 Å². The molecule has 2 aromatic rings. The van der Waals surface area contributed by atoms with Crippen LogP contribution in [0.1, 0.15) is 30.5 Å². The Kier molecular flexibility index (Phi) is 6.84. The molecule has 0 saturated heterocycles. The van der Waals surface area contributed by atoms with Crippen molar-refractivity contribution in [3.8, 4) is 34.1 Å². The van der Waals surface area contributed by atoms with Crippen molar-refractivity contribution in [1.82, 2.24) is 5.32 Å². The van der Waals surface area contributed by atoms with E-state index >= 15 is 0 Å². The molecule has 0 spiro atoms. The topological polar surface area (TPSA) is 83.1 Å². The van der Waals surface area contributed by atoms with Crippen molar-refractivity contribution >= 4 is 5.91 Å².